The average molecular weight is 392 g/mol. The van der Waals surface area contributed by atoms with Gasteiger partial charge in [0.15, 0.2) is 0 Å². The summed E-state index contributed by atoms with van der Waals surface area (Å²) in [4.78, 5) is 10.6. The third-order valence-corrected chi connectivity index (χ3v) is 4.75. The van der Waals surface area contributed by atoms with Gasteiger partial charge in [0.1, 0.15) is 5.78 Å². The summed E-state index contributed by atoms with van der Waals surface area (Å²) in [7, 11) is 0. The molecule has 0 radical (unpaired) electrons. The first-order valence-electron chi connectivity index (χ1n) is 4.40. The second-order valence-electron chi connectivity index (χ2n) is 3.21. The van der Waals surface area contributed by atoms with E-state index < -0.39 is 10.3 Å². The molecule has 0 spiro atoms. The molecular formula is C10H7Br2F3OS. The Kier molecular flexibility index (Phi) is 5.09. The summed E-state index contributed by atoms with van der Waals surface area (Å²) in [6.45, 7) is 1.37. The molecule has 0 saturated carbocycles. The van der Waals surface area contributed by atoms with E-state index in [-0.39, 0.29) is 22.4 Å². The highest BCUT2D eigenvalue weighted by molar-refractivity contribution is 9.10. The van der Waals surface area contributed by atoms with Gasteiger partial charge in [0, 0.05) is 9.37 Å². The van der Waals surface area contributed by atoms with Crippen LogP contribution in [-0.2, 0) is 4.79 Å². The second-order valence-corrected chi connectivity index (χ2v) is 6.09. The van der Waals surface area contributed by atoms with Crippen molar-refractivity contribution in [2.24, 2.45) is 0 Å². The molecule has 0 saturated heterocycles. The van der Waals surface area contributed by atoms with Gasteiger partial charge in [-0.3, -0.25) is 4.79 Å². The molecule has 0 bridgehead atoms. The number of rotatable bonds is 3. The number of hydrogen-bond acceptors (Lipinski definition) is 2. The lowest BCUT2D eigenvalue weighted by molar-refractivity contribution is -0.116. The molecule has 1 rings (SSSR count). The van der Waals surface area contributed by atoms with Crippen LogP contribution in [0.25, 0.3) is 0 Å². The van der Waals surface area contributed by atoms with Gasteiger partial charge < -0.3 is 0 Å². The van der Waals surface area contributed by atoms with Crippen molar-refractivity contribution in [3.8, 4) is 0 Å². The Balaban J connectivity index is 3.06. The van der Waals surface area contributed by atoms with E-state index in [2.05, 4.69) is 31.9 Å². The third kappa shape index (κ3) is 4.63. The summed E-state index contributed by atoms with van der Waals surface area (Å²) < 4.78 is 37.2. The number of alkyl halides is 4. The minimum atomic E-state index is -4.35. The number of carbonyl (C=O) groups is 1. The summed E-state index contributed by atoms with van der Waals surface area (Å²) >= 11 is 5.97. The van der Waals surface area contributed by atoms with Gasteiger partial charge in [0.05, 0.1) is 4.83 Å². The zero-order valence-electron chi connectivity index (χ0n) is 8.52. The van der Waals surface area contributed by atoms with E-state index in [1.54, 1.807) is 6.07 Å². The zero-order valence-corrected chi connectivity index (χ0v) is 12.5. The topological polar surface area (TPSA) is 17.1 Å². The standard InChI is InChI=1S/C10H7Br2F3OS/c1-5(16)9(12)6-2-3-7(11)8(4-6)17-10(13,14)15/h2-4,9H,1H3. The molecule has 0 aliphatic heterocycles. The van der Waals surface area contributed by atoms with Crippen LogP contribution in [0.3, 0.4) is 0 Å². The van der Waals surface area contributed by atoms with E-state index in [0.29, 0.717) is 10.0 Å². The molecule has 0 amide bonds. The first-order chi connectivity index (χ1) is 7.70. The van der Waals surface area contributed by atoms with Gasteiger partial charge in [-0.05, 0) is 52.3 Å². The predicted molar refractivity (Wildman–Crippen MR) is 68.4 cm³/mol. The monoisotopic (exact) mass is 390 g/mol. The predicted octanol–water partition coefficient (Wildman–Crippen LogP) is 5.09. The maximum Gasteiger partial charge on any atom is 0.446 e. The van der Waals surface area contributed by atoms with Crippen molar-refractivity contribution in [2.75, 3.05) is 0 Å². The number of carbonyl (C=O) groups excluding carboxylic acids is 1. The van der Waals surface area contributed by atoms with Crippen LogP contribution in [0.4, 0.5) is 13.2 Å². The zero-order chi connectivity index (χ0) is 13.2. The van der Waals surface area contributed by atoms with Gasteiger partial charge in [-0.2, -0.15) is 13.2 Å². The van der Waals surface area contributed by atoms with Crippen molar-refractivity contribution in [2.45, 2.75) is 22.2 Å². The van der Waals surface area contributed by atoms with Crippen LogP contribution in [0.1, 0.15) is 17.3 Å². The van der Waals surface area contributed by atoms with Crippen molar-refractivity contribution in [3.63, 3.8) is 0 Å². The van der Waals surface area contributed by atoms with E-state index in [1.165, 1.54) is 19.1 Å². The quantitative estimate of drug-likeness (QED) is 0.527. The van der Waals surface area contributed by atoms with Crippen LogP contribution in [0.2, 0.25) is 0 Å². The van der Waals surface area contributed by atoms with Crippen LogP contribution in [0.5, 0.6) is 0 Å². The van der Waals surface area contributed by atoms with Crippen LogP contribution < -0.4 is 0 Å². The van der Waals surface area contributed by atoms with Crippen molar-refractivity contribution in [1.29, 1.82) is 0 Å². The number of Topliss-reactive ketones (excluding diaryl/α,β-unsaturated/α-hetero) is 1. The lowest BCUT2D eigenvalue weighted by Crippen LogP contribution is -2.03. The fourth-order valence-corrected chi connectivity index (χ4v) is 2.50. The molecule has 17 heavy (non-hydrogen) atoms. The van der Waals surface area contributed by atoms with Gasteiger partial charge in [-0.25, -0.2) is 0 Å². The highest BCUT2D eigenvalue weighted by atomic mass is 79.9. The molecule has 0 aliphatic rings. The first-order valence-corrected chi connectivity index (χ1v) is 6.93. The first kappa shape index (κ1) is 15.0. The van der Waals surface area contributed by atoms with E-state index >= 15 is 0 Å². The maximum atomic E-state index is 12.3. The van der Waals surface area contributed by atoms with Crippen molar-refractivity contribution in [1.82, 2.24) is 0 Å². The number of thioether (sulfide) groups is 1. The van der Waals surface area contributed by atoms with Gasteiger partial charge in [-0.15, -0.1) is 0 Å². The van der Waals surface area contributed by atoms with E-state index in [9.17, 15) is 18.0 Å². The minimum Gasteiger partial charge on any atom is -0.298 e. The number of halogens is 5. The molecule has 1 nitrogen and oxygen atoms in total. The van der Waals surface area contributed by atoms with Crippen molar-refractivity contribution < 1.29 is 18.0 Å². The molecular weight excluding hydrogens is 385 g/mol. The van der Waals surface area contributed by atoms with E-state index in [1.807, 2.05) is 0 Å². The number of hydrogen-bond donors (Lipinski definition) is 0. The lowest BCUT2D eigenvalue weighted by Gasteiger charge is -2.11. The molecule has 1 atom stereocenters. The van der Waals surface area contributed by atoms with E-state index in [0.717, 1.165) is 0 Å². The molecule has 7 heteroatoms. The Morgan fingerprint density at radius 3 is 2.47 bits per heavy atom. The van der Waals surface area contributed by atoms with Gasteiger partial charge >= 0.3 is 5.51 Å². The Morgan fingerprint density at radius 1 is 1.41 bits per heavy atom. The summed E-state index contributed by atoms with van der Waals surface area (Å²) in [5.41, 5.74) is -3.84. The number of ketones is 1. The molecule has 1 unspecified atom stereocenters. The molecule has 1 aromatic carbocycles. The van der Waals surface area contributed by atoms with Crippen molar-refractivity contribution in [3.05, 3.63) is 28.2 Å². The molecule has 1 aromatic rings. The van der Waals surface area contributed by atoms with Gasteiger partial charge in [0.2, 0.25) is 0 Å². The third-order valence-electron chi connectivity index (χ3n) is 1.83. The largest absolute Gasteiger partial charge is 0.446 e. The Morgan fingerprint density at radius 2 is 2.00 bits per heavy atom. The maximum absolute atomic E-state index is 12.3. The van der Waals surface area contributed by atoms with Crippen LogP contribution in [0, 0.1) is 0 Å². The summed E-state index contributed by atoms with van der Waals surface area (Å²) in [6, 6.07) is 4.45. The van der Waals surface area contributed by atoms with E-state index in [4.69, 9.17) is 0 Å². The van der Waals surface area contributed by atoms with Crippen LogP contribution >= 0.6 is 43.6 Å². The summed E-state index contributed by atoms with van der Waals surface area (Å²) in [5, 5.41) is 0. The van der Waals surface area contributed by atoms with Gasteiger partial charge in [0.25, 0.3) is 0 Å². The van der Waals surface area contributed by atoms with Crippen molar-refractivity contribution >= 4 is 49.4 Å². The normalized spacial score (nSPS) is 13.5. The Labute approximate surface area is 117 Å². The Bertz CT molecular complexity index is 434. The highest BCUT2D eigenvalue weighted by Gasteiger charge is 2.30. The smallest absolute Gasteiger partial charge is 0.298 e. The SMILES string of the molecule is CC(=O)C(Br)c1ccc(Br)c(SC(F)(F)F)c1. The van der Waals surface area contributed by atoms with Crippen LogP contribution in [-0.4, -0.2) is 11.3 Å². The molecule has 0 N–H and O–H groups in total. The molecule has 0 heterocycles. The summed E-state index contributed by atoms with van der Waals surface area (Å²) in [6.07, 6.45) is 0. The second kappa shape index (κ2) is 5.75. The number of benzene rings is 1. The van der Waals surface area contributed by atoms with Crippen LogP contribution in [0.15, 0.2) is 27.6 Å². The minimum absolute atomic E-state index is 0.0423. The average Bonchev–Trinajstić information content (AvgIpc) is 2.18. The molecule has 0 fully saturated rings. The molecule has 0 aliphatic carbocycles. The molecule has 94 valence electrons. The summed E-state index contributed by atoms with van der Waals surface area (Å²) in [5.74, 6) is -0.157. The highest BCUT2D eigenvalue weighted by Crippen LogP contribution is 2.41. The lowest BCUT2D eigenvalue weighted by atomic mass is 10.1. The fraction of sp³-hybridized carbons (Fsp3) is 0.300. The Hall–Kier alpha value is -0.0100. The molecule has 0 aromatic heterocycles. The fourth-order valence-electron chi connectivity index (χ4n) is 1.12. The van der Waals surface area contributed by atoms with Gasteiger partial charge in [-0.1, -0.05) is 22.0 Å².